The number of esters is 1. The predicted molar refractivity (Wildman–Crippen MR) is 94.6 cm³/mol. The Morgan fingerprint density at radius 3 is 2.00 bits per heavy atom. The largest absolute Gasteiger partial charge is 0.469 e. The highest BCUT2D eigenvalue weighted by molar-refractivity contribution is 5.74. The van der Waals surface area contributed by atoms with Crippen molar-refractivity contribution in [3.63, 3.8) is 0 Å². The van der Waals surface area contributed by atoms with Crippen molar-refractivity contribution in [1.29, 1.82) is 0 Å². The maximum Gasteiger partial charge on any atom is 0.309 e. The lowest BCUT2D eigenvalue weighted by Crippen LogP contribution is -2.34. The Labute approximate surface area is 143 Å². The first-order valence-electron chi connectivity index (χ1n) is 8.97. The minimum atomic E-state index is -0.0101. The molecule has 2 saturated carbocycles. The van der Waals surface area contributed by atoms with Crippen molar-refractivity contribution in [2.24, 2.45) is 23.7 Å². The van der Waals surface area contributed by atoms with Gasteiger partial charge >= 0.3 is 5.97 Å². The van der Waals surface area contributed by atoms with Gasteiger partial charge in [0.05, 0.1) is 13.0 Å². The average Bonchev–Trinajstić information content (AvgIpc) is 3.25. The highest BCUT2D eigenvalue weighted by atomic mass is 16.5. The highest BCUT2D eigenvalue weighted by Crippen LogP contribution is 2.58. The van der Waals surface area contributed by atoms with E-state index in [1.165, 1.54) is 37.5 Å². The molecule has 4 rings (SSSR count). The van der Waals surface area contributed by atoms with Gasteiger partial charge in [0, 0.05) is 5.92 Å². The van der Waals surface area contributed by atoms with Crippen LogP contribution >= 0.6 is 0 Å². The smallest absolute Gasteiger partial charge is 0.309 e. The van der Waals surface area contributed by atoms with Crippen molar-refractivity contribution in [2.45, 2.75) is 25.2 Å². The Morgan fingerprint density at radius 2 is 1.46 bits per heavy atom. The van der Waals surface area contributed by atoms with Crippen LogP contribution in [0.15, 0.2) is 60.7 Å². The normalized spacial score (nSPS) is 28.2. The molecule has 0 N–H and O–H groups in total. The van der Waals surface area contributed by atoms with Gasteiger partial charge in [-0.1, -0.05) is 60.7 Å². The molecule has 2 heteroatoms. The lowest BCUT2D eigenvalue weighted by molar-refractivity contribution is -0.149. The molecule has 2 aromatic rings. The van der Waals surface area contributed by atoms with E-state index in [1.807, 2.05) is 0 Å². The van der Waals surface area contributed by atoms with Crippen LogP contribution in [0.5, 0.6) is 0 Å². The molecule has 2 fully saturated rings. The molecule has 2 aliphatic rings. The summed E-state index contributed by atoms with van der Waals surface area (Å²) >= 11 is 0. The Balaban J connectivity index is 1.80. The number of benzene rings is 2. The van der Waals surface area contributed by atoms with Crippen LogP contribution in [0.1, 0.15) is 36.3 Å². The summed E-state index contributed by atoms with van der Waals surface area (Å²) in [5, 5.41) is 0. The molecule has 0 heterocycles. The van der Waals surface area contributed by atoms with E-state index < -0.39 is 0 Å². The van der Waals surface area contributed by atoms with Gasteiger partial charge in [0.25, 0.3) is 0 Å². The Bertz CT molecular complexity index is 655. The minimum Gasteiger partial charge on any atom is -0.469 e. The van der Waals surface area contributed by atoms with Gasteiger partial charge in [0.2, 0.25) is 0 Å². The van der Waals surface area contributed by atoms with Crippen molar-refractivity contribution in [2.75, 3.05) is 7.11 Å². The quantitative estimate of drug-likeness (QED) is 0.766. The number of hydrogen-bond donors (Lipinski definition) is 0. The number of carbonyl (C=O) groups excluding carboxylic acids is 1. The SMILES string of the molecule is COC(=O)C1C2CCC(C2)C1C(c1ccccc1)c1ccccc1. The molecule has 0 radical (unpaired) electrons. The third-order valence-corrected chi connectivity index (χ3v) is 6.16. The molecule has 0 aromatic heterocycles. The predicted octanol–water partition coefficient (Wildman–Crippen LogP) is 4.65. The van der Waals surface area contributed by atoms with E-state index >= 15 is 0 Å². The fraction of sp³-hybridized carbons (Fsp3) is 0.409. The van der Waals surface area contributed by atoms with Crippen LogP contribution in [0.25, 0.3) is 0 Å². The van der Waals surface area contributed by atoms with Gasteiger partial charge < -0.3 is 4.74 Å². The number of rotatable bonds is 4. The monoisotopic (exact) mass is 320 g/mol. The van der Waals surface area contributed by atoms with Crippen LogP contribution in [0.2, 0.25) is 0 Å². The Morgan fingerprint density at radius 1 is 0.917 bits per heavy atom. The minimum absolute atomic E-state index is 0.0101. The molecule has 4 unspecified atom stereocenters. The maximum absolute atomic E-state index is 12.6. The summed E-state index contributed by atoms with van der Waals surface area (Å²) in [5.41, 5.74) is 2.63. The first-order valence-corrected chi connectivity index (χ1v) is 8.97. The van der Waals surface area contributed by atoms with Gasteiger partial charge in [0.1, 0.15) is 0 Å². The summed E-state index contributed by atoms with van der Waals surface area (Å²) in [6, 6.07) is 21.4. The van der Waals surface area contributed by atoms with Crippen LogP contribution in [-0.4, -0.2) is 13.1 Å². The third kappa shape index (κ3) is 2.54. The van der Waals surface area contributed by atoms with Gasteiger partial charge in [-0.3, -0.25) is 4.79 Å². The van der Waals surface area contributed by atoms with E-state index in [4.69, 9.17) is 4.74 Å². The van der Waals surface area contributed by atoms with Crippen molar-refractivity contribution < 1.29 is 9.53 Å². The fourth-order valence-corrected chi connectivity index (χ4v) is 5.26. The van der Waals surface area contributed by atoms with Crippen LogP contribution in [0.3, 0.4) is 0 Å². The van der Waals surface area contributed by atoms with E-state index in [0.717, 1.165) is 0 Å². The molecular weight excluding hydrogens is 296 g/mol. The zero-order valence-corrected chi connectivity index (χ0v) is 14.1. The second kappa shape index (κ2) is 6.43. The van der Waals surface area contributed by atoms with Crippen LogP contribution in [-0.2, 0) is 9.53 Å². The van der Waals surface area contributed by atoms with Crippen molar-refractivity contribution in [3.05, 3.63) is 71.8 Å². The number of ether oxygens (including phenoxy) is 1. The fourth-order valence-electron chi connectivity index (χ4n) is 5.26. The lowest BCUT2D eigenvalue weighted by atomic mass is 9.68. The molecule has 24 heavy (non-hydrogen) atoms. The second-order valence-corrected chi connectivity index (χ2v) is 7.26. The van der Waals surface area contributed by atoms with Crippen molar-refractivity contribution in [3.8, 4) is 0 Å². The molecule has 2 nitrogen and oxygen atoms in total. The molecule has 0 saturated heterocycles. The molecule has 0 aliphatic heterocycles. The van der Waals surface area contributed by atoms with E-state index in [1.54, 1.807) is 0 Å². The van der Waals surface area contributed by atoms with Crippen molar-refractivity contribution >= 4 is 5.97 Å². The number of carbonyl (C=O) groups is 1. The van der Waals surface area contributed by atoms with E-state index in [2.05, 4.69) is 60.7 Å². The zero-order chi connectivity index (χ0) is 16.5. The van der Waals surface area contributed by atoms with E-state index in [9.17, 15) is 4.79 Å². The van der Waals surface area contributed by atoms with Gasteiger partial charge in [-0.25, -0.2) is 0 Å². The Kier molecular flexibility index (Phi) is 4.13. The van der Waals surface area contributed by atoms with E-state index in [-0.39, 0.29) is 17.8 Å². The first kappa shape index (κ1) is 15.4. The topological polar surface area (TPSA) is 26.3 Å². The summed E-state index contributed by atoms with van der Waals surface area (Å²) in [7, 11) is 1.53. The molecule has 124 valence electrons. The van der Waals surface area contributed by atoms with Crippen LogP contribution in [0.4, 0.5) is 0 Å². The van der Waals surface area contributed by atoms with Gasteiger partial charge in [-0.05, 0) is 48.1 Å². The van der Waals surface area contributed by atoms with Crippen LogP contribution in [0, 0.1) is 23.7 Å². The number of fused-ring (bicyclic) bond motifs is 2. The Hall–Kier alpha value is -2.09. The molecule has 4 atom stereocenters. The van der Waals surface area contributed by atoms with Gasteiger partial charge in [0.15, 0.2) is 0 Å². The van der Waals surface area contributed by atoms with E-state index in [0.29, 0.717) is 17.8 Å². The highest BCUT2D eigenvalue weighted by Gasteiger charge is 2.54. The molecule has 0 spiro atoms. The summed E-state index contributed by atoms with van der Waals surface area (Å²) < 4.78 is 5.20. The van der Waals surface area contributed by atoms with Crippen LogP contribution < -0.4 is 0 Å². The summed E-state index contributed by atoms with van der Waals surface area (Å²) in [6.45, 7) is 0. The molecule has 2 aromatic carbocycles. The molecule has 0 amide bonds. The summed E-state index contributed by atoms with van der Waals surface area (Å²) in [4.78, 5) is 12.6. The number of hydrogen-bond acceptors (Lipinski definition) is 2. The van der Waals surface area contributed by atoms with Gasteiger partial charge in [-0.15, -0.1) is 0 Å². The van der Waals surface area contributed by atoms with Gasteiger partial charge in [-0.2, -0.15) is 0 Å². The maximum atomic E-state index is 12.6. The standard InChI is InChI=1S/C22H24O2/c1-24-22(23)21-18-13-12-17(14-18)20(21)19(15-8-4-2-5-9-15)16-10-6-3-7-11-16/h2-11,17-21H,12-14H2,1H3. The third-order valence-electron chi connectivity index (χ3n) is 6.16. The average molecular weight is 320 g/mol. The molecule has 2 bridgehead atoms. The van der Waals surface area contributed by atoms with Crippen molar-refractivity contribution in [1.82, 2.24) is 0 Å². The summed E-state index contributed by atoms with van der Waals surface area (Å²) in [5.74, 6) is 1.78. The molecule has 2 aliphatic carbocycles. The first-order chi connectivity index (χ1) is 11.8. The lowest BCUT2D eigenvalue weighted by Gasteiger charge is -2.36. The zero-order valence-electron chi connectivity index (χ0n) is 14.1. The second-order valence-electron chi connectivity index (χ2n) is 7.26. The summed E-state index contributed by atoms with van der Waals surface area (Å²) in [6.07, 6.45) is 3.61. The molecular formula is C22H24O2. The number of methoxy groups -OCH3 is 1.